The van der Waals surface area contributed by atoms with Crippen molar-refractivity contribution in [1.82, 2.24) is 68.6 Å². The van der Waals surface area contributed by atoms with E-state index >= 15 is 0 Å². The summed E-state index contributed by atoms with van der Waals surface area (Å²) < 4.78 is 132. The summed E-state index contributed by atoms with van der Waals surface area (Å²) in [4.78, 5) is 75.7. The number of sulfonamides is 1. The Hall–Kier alpha value is -7.63. The van der Waals surface area contributed by atoms with E-state index in [9.17, 15) is 44.3 Å². The molecule has 0 spiro atoms. The van der Waals surface area contributed by atoms with Crippen LogP contribution in [0.1, 0.15) is 41.5 Å². The maximum Gasteiger partial charge on any atom is 0.414 e. The van der Waals surface area contributed by atoms with Crippen LogP contribution in [0.2, 0.25) is 0 Å². The van der Waals surface area contributed by atoms with Gasteiger partial charge in [-0.2, -0.15) is 30.6 Å². The van der Waals surface area contributed by atoms with Gasteiger partial charge in [0.1, 0.15) is 24.3 Å². The van der Waals surface area contributed by atoms with Crippen molar-refractivity contribution in [3.8, 4) is 22.8 Å². The molecule has 28 nitrogen and oxygen atoms in total. The van der Waals surface area contributed by atoms with E-state index < -0.39 is 58.9 Å². The molecule has 4 aliphatic heterocycles. The smallest absolute Gasteiger partial charge is 0.414 e. The molecule has 10 rings (SSSR count). The SMILES string of the molecule is CC(C)(C)OC(=O)Nc1ncc(-c2nc(N3CCOCC3)c3nc(N4CCN(S(C)(=O)=O)CC4)n(CC(F)(F)F)c3n2)cn1.CC(C)(C)OC(=O)Nc1ncc(-c2nc(N3CCOCC3)c3nc(N4CCNCC4)n(CC(F)(F)F)c3n2)cn1. The molecule has 4 aliphatic rings. The van der Waals surface area contributed by atoms with Crippen LogP contribution in [0.3, 0.4) is 0 Å². The van der Waals surface area contributed by atoms with Gasteiger partial charge in [0.2, 0.25) is 33.8 Å². The van der Waals surface area contributed by atoms with Crippen LogP contribution in [0.15, 0.2) is 24.8 Å². The van der Waals surface area contributed by atoms with Crippen LogP contribution < -0.4 is 35.6 Å². The highest BCUT2D eigenvalue weighted by Crippen LogP contribution is 2.36. The number of ether oxygens (including phenoxy) is 4. The summed E-state index contributed by atoms with van der Waals surface area (Å²) in [5, 5.41) is 8.08. The molecule has 4 saturated heterocycles. The van der Waals surface area contributed by atoms with Gasteiger partial charge in [-0.05, 0) is 41.5 Å². The van der Waals surface area contributed by atoms with Gasteiger partial charge in [0, 0.05) is 103 Å². The molecule has 0 atom stereocenters. The Kier molecular flexibility index (Phi) is 17.8. The van der Waals surface area contributed by atoms with Crippen molar-refractivity contribution in [3.05, 3.63) is 24.8 Å². The van der Waals surface area contributed by atoms with Crippen molar-refractivity contribution < 1.29 is 63.3 Å². The Balaban J connectivity index is 0.000000202. The second kappa shape index (κ2) is 24.5. The molecule has 0 unspecified atom stereocenters. The van der Waals surface area contributed by atoms with E-state index in [2.05, 4.69) is 60.8 Å². The van der Waals surface area contributed by atoms with Gasteiger partial charge in [0.05, 0.1) is 43.8 Å². The minimum Gasteiger partial charge on any atom is -0.444 e. The highest BCUT2D eigenvalue weighted by Gasteiger charge is 2.37. The Morgan fingerprint density at radius 1 is 0.548 bits per heavy atom. The fourth-order valence-corrected chi connectivity index (χ4v) is 10.0. The average Bonchev–Trinajstić information content (AvgIpc) is 1.89. The van der Waals surface area contributed by atoms with Gasteiger partial charge >= 0.3 is 24.5 Å². The molecule has 4 fully saturated rings. The first-order valence-electron chi connectivity index (χ1n) is 26.7. The molecule has 10 heterocycles. The van der Waals surface area contributed by atoms with E-state index in [0.717, 1.165) is 15.4 Å². The summed E-state index contributed by atoms with van der Waals surface area (Å²) in [5.41, 5.74) is -0.320. The number of amides is 2. The number of aromatic nitrogens is 12. The number of alkyl halides is 6. The molecule has 0 aliphatic carbocycles. The van der Waals surface area contributed by atoms with Crippen molar-refractivity contribution in [2.45, 2.75) is 78.2 Å². The number of imidazole rings is 2. The Bertz CT molecular complexity index is 3410. The third-order valence-corrected chi connectivity index (χ3v) is 14.1. The molecule has 0 aromatic carbocycles. The summed E-state index contributed by atoms with van der Waals surface area (Å²) in [5.74, 6) is 1.08. The van der Waals surface area contributed by atoms with Crippen LogP contribution in [0.4, 0.5) is 71.4 Å². The summed E-state index contributed by atoms with van der Waals surface area (Å²) in [6, 6.07) is 0. The summed E-state index contributed by atoms with van der Waals surface area (Å²) >= 11 is 0. The lowest BCUT2D eigenvalue weighted by Gasteiger charge is -2.34. The van der Waals surface area contributed by atoms with Crippen molar-refractivity contribution in [2.24, 2.45) is 0 Å². The Morgan fingerprint density at radius 2 is 0.917 bits per heavy atom. The number of hydrogen-bond acceptors (Lipinski definition) is 23. The molecule has 84 heavy (non-hydrogen) atoms. The fourth-order valence-electron chi connectivity index (χ4n) is 9.22. The molecular formula is C49H64F6N20O8S. The van der Waals surface area contributed by atoms with Crippen molar-refractivity contribution in [2.75, 3.05) is 141 Å². The van der Waals surface area contributed by atoms with Crippen LogP contribution in [0, 0.1) is 0 Å². The van der Waals surface area contributed by atoms with Crippen LogP contribution in [0.5, 0.6) is 0 Å². The van der Waals surface area contributed by atoms with Crippen molar-refractivity contribution in [3.63, 3.8) is 0 Å². The van der Waals surface area contributed by atoms with Gasteiger partial charge in [0.25, 0.3) is 0 Å². The van der Waals surface area contributed by atoms with Crippen LogP contribution in [-0.4, -0.2) is 219 Å². The summed E-state index contributed by atoms with van der Waals surface area (Å²) in [6.45, 7) is 14.0. The molecule has 35 heteroatoms. The standard InChI is InChI=1S/C25H33F3N10O5S.C24H31F3N10O3/c1-24(2,3)43-23(39)34-21-29-13-16(14-30-21)18-32-19(35-9-11-42-12-10-35)17-20(33-18)38(15-25(26,27)28)22(31-17)36-5-7-37(8-6-36)44(4,40)41;1-23(2,3)40-22(38)34-20-29-12-15(13-30-20)17-32-18(35-8-10-39-11-9-35)16-19(33-17)37(14-24(25,26)27)21(31-16)36-6-4-28-5-7-36/h13-14H,5-12,15H2,1-4H3,(H,29,30,34,39);12-13,28H,4-11,14H2,1-3H3,(H,29,30,34,38). The molecule has 3 N–H and O–H groups in total. The number of halogens is 6. The number of hydrogen-bond donors (Lipinski definition) is 3. The second-order valence-corrected chi connectivity index (χ2v) is 23.7. The van der Waals surface area contributed by atoms with E-state index in [1.165, 1.54) is 29.1 Å². The zero-order valence-electron chi connectivity index (χ0n) is 47.1. The van der Waals surface area contributed by atoms with E-state index in [1.54, 1.807) is 46.4 Å². The lowest BCUT2D eigenvalue weighted by Crippen LogP contribution is -2.49. The number of carbonyl (C=O) groups is 2. The maximum atomic E-state index is 14.0. The number of fused-ring (bicyclic) bond motifs is 2. The number of piperazine rings is 2. The number of morpholine rings is 2. The number of anilines is 6. The monoisotopic (exact) mass is 1210 g/mol. The van der Waals surface area contributed by atoms with E-state index in [4.69, 9.17) is 23.9 Å². The largest absolute Gasteiger partial charge is 0.444 e. The minimum absolute atomic E-state index is 0.00408. The van der Waals surface area contributed by atoms with Crippen molar-refractivity contribution in [1.29, 1.82) is 0 Å². The average molecular weight is 1210 g/mol. The molecule has 6 aromatic rings. The second-order valence-electron chi connectivity index (χ2n) is 21.7. The van der Waals surface area contributed by atoms with Gasteiger partial charge in [0.15, 0.2) is 45.6 Å². The number of nitrogens with one attached hydrogen (secondary N) is 3. The highest BCUT2D eigenvalue weighted by atomic mass is 32.2. The third kappa shape index (κ3) is 15.6. The van der Waals surface area contributed by atoms with Crippen LogP contribution >= 0.6 is 0 Å². The quantitative estimate of drug-likeness (QED) is 0.150. The van der Waals surface area contributed by atoms with E-state index in [-0.39, 0.29) is 83.9 Å². The molecule has 2 amide bonds. The molecule has 456 valence electrons. The van der Waals surface area contributed by atoms with Gasteiger partial charge in [-0.15, -0.1) is 0 Å². The normalized spacial score (nSPS) is 17.1. The maximum absolute atomic E-state index is 14.0. The first-order valence-corrected chi connectivity index (χ1v) is 28.5. The predicted octanol–water partition coefficient (Wildman–Crippen LogP) is 4.55. The minimum atomic E-state index is -4.61. The van der Waals surface area contributed by atoms with Gasteiger partial charge in [-0.1, -0.05) is 0 Å². The number of rotatable bonds is 11. The zero-order chi connectivity index (χ0) is 60.4. The van der Waals surface area contributed by atoms with Crippen molar-refractivity contribution >= 4 is 80.0 Å². The third-order valence-electron chi connectivity index (χ3n) is 12.8. The van der Waals surface area contributed by atoms with Crippen LogP contribution in [0.25, 0.3) is 45.1 Å². The zero-order valence-corrected chi connectivity index (χ0v) is 47.9. The van der Waals surface area contributed by atoms with Gasteiger partial charge in [-0.25, -0.2) is 67.8 Å². The first-order chi connectivity index (χ1) is 39.5. The molecule has 0 radical (unpaired) electrons. The first kappa shape index (κ1) is 60.9. The lowest BCUT2D eigenvalue weighted by atomic mass is 10.2. The number of nitrogens with zero attached hydrogens (tertiary/aromatic N) is 17. The topological polar surface area (TPSA) is 296 Å². The predicted molar refractivity (Wildman–Crippen MR) is 294 cm³/mol. The lowest BCUT2D eigenvalue weighted by molar-refractivity contribution is -0.140. The molecular weight excluding hydrogens is 1140 g/mol. The van der Waals surface area contributed by atoms with Crippen LogP contribution in [-0.2, 0) is 42.1 Å². The Labute approximate surface area is 477 Å². The number of carbonyl (C=O) groups excluding carboxylic acids is 2. The van der Waals surface area contributed by atoms with E-state index in [0.29, 0.717) is 102 Å². The molecule has 6 aromatic heterocycles. The van der Waals surface area contributed by atoms with Gasteiger partial charge < -0.3 is 43.9 Å². The fraction of sp³-hybridized carbons (Fsp3) is 0.592. The highest BCUT2D eigenvalue weighted by molar-refractivity contribution is 7.88. The summed E-state index contributed by atoms with van der Waals surface area (Å²) in [6.07, 6.45) is -4.01. The Morgan fingerprint density at radius 3 is 1.26 bits per heavy atom. The van der Waals surface area contributed by atoms with E-state index in [1.807, 2.05) is 14.7 Å². The molecule has 0 bridgehead atoms. The molecule has 0 saturated carbocycles. The summed E-state index contributed by atoms with van der Waals surface area (Å²) in [7, 11) is -3.45. The van der Waals surface area contributed by atoms with Gasteiger partial charge in [-0.3, -0.25) is 19.8 Å².